The standard InChI is InChI=1S/C16H30N2O/c1-2-3-4-5-8-16(19)18-13-6-7-15(18)14-9-11-17-12-10-14/h14-15,17H,2-13H2,1H3. The molecule has 1 N–H and O–H groups in total. The Morgan fingerprint density at radius 1 is 1.16 bits per heavy atom. The van der Waals surface area contributed by atoms with E-state index in [2.05, 4.69) is 17.1 Å². The van der Waals surface area contributed by atoms with E-state index in [9.17, 15) is 4.79 Å². The molecule has 0 aromatic heterocycles. The number of amides is 1. The minimum atomic E-state index is 0.428. The lowest BCUT2D eigenvalue weighted by molar-refractivity contribution is -0.133. The van der Waals surface area contributed by atoms with Crippen LogP contribution in [0.3, 0.4) is 0 Å². The second-order valence-electron chi connectivity index (χ2n) is 6.19. The lowest BCUT2D eigenvalue weighted by atomic mass is 9.88. The van der Waals surface area contributed by atoms with Gasteiger partial charge in [-0.25, -0.2) is 0 Å². The second kappa shape index (κ2) is 7.88. The first-order valence-electron chi connectivity index (χ1n) is 8.33. The minimum absolute atomic E-state index is 0.428. The number of unbranched alkanes of at least 4 members (excludes halogenated alkanes) is 3. The fraction of sp³-hybridized carbons (Fsp3) is 0.938. The summed E-state index contributed by atoms with van der Waals surface area (Å²) in [5, 5.41) is 3.43. The summed E-state index contributed by atoms with van der Waals surface area (Å²) in [4.78, 5) is 14.6. The van der Waals surface area contributed by atoms with Crippen molar-refractivity contribution >= 4 is 5.91 Å². The van der Waals surface area contributed by atoms with Crippen LogP contribution in [0.1, 0.15) is 64.7 Å². The minimum Gasteiger partial charge on any atom is -0.339 e. The fourth-order valence-corrected chi connectivity index (χ4v) is 3.67. The van der Waals surface area contributed by atoms with E-state index >= 15 is 0 Å². The van der Waals surface area contributed by atoms with Crippen molar-refractivity contribution in [3.63, 3.8) is 0 Å². The summed E-state index contributed by atoms with van der Waals surface area (Å²) < 4.78 is 0. The van der Waals surface area contributed by atoms with Crippen LogP contribution in [0, 0.1) is 5.92 Å². The quantitative estimate of drug-likeness (QED) is 0.750. The first kappa shape index (κ1) is 14.8. The van der Waals surface area contributed by atoms with Gasteiger partial charge in [0, 0.05) is 19.0 Å². The van der Waals surface area contributed by atoms with Crippen LogP contribution in [0.25, 0.3) is 0 Å². The second-order valence-corrected chi connectivity index (χ2v) is 6.19. The number of hydrogen-bond donors (Lipinski definition) is 1. The number of likely N-dealkylation sites (tertiary alicyclic amines) is 1. The summed E-state index contributed by atoms with van der Waals surface area (Å²) in [7, 11) is 0. The maximum absolute atomic E-state index is 12.4. The van der Waals surface area contributed by atoms with Crippen LogP contribution in [0.2, 0.25) is 0 Å². The van der Waals surface area contributed by atoms with Crippen molar-refractivity contribution in [1.82, 2.24) is 10.2 Å². The van der Waals surface area contributed by atoms with Crippen LogP contribution in [0.5, 0.6) is 0 Å². The summed E-state index contributed by atoms with van der Waals surface area (Å²) in [5.74, 6) is 1.18. The highest BCUT2D eigenvalue weighted by Gasteiger charge is 2.34. The zero-order chi connectivity index (χ0) is 13.5. The molecule has 0 radical (unpaired) electrons. The van der Waals surface area contributed by atoms with Gasteiger partial charge in [-0.1, -0.05) is 26.2 Å². The predicted molar refractivity (Wildman–Crippen MR) is 79.1 cm³/mol. The molecule has 0 spiro atoms. The van der Waals surface area contributed by atoms with Gasteiger partial charge in [-0.05, 0) is 51.1 Å². The molecule has 2 aliphatic rings. The predicted octanol–water partition coefficient (Wildman–Crippen LogP) is 2.95. The molecule has 110 valence electrons. The number of nitrogens with zero attached hydrogens (tertiary/aromatic N) is 1. The molecule has 0 saturated carbocycles. The van der Waals surface area contributed by atoms with Crippen molar-refractivity contribution in [3.05, 3.63) is 0 Å². The van der Waals surface area contributed by atoms with Gasteiger partial charge in [-0.3, -0.25) is 4.79 Å². The van der Waals surface area contributed by atoms with Crippen molar-refractivity contribution < 1.29 is 4.79 Å². The Labute approximate surface area is 118 Å². The molecule has 1 amide bonds. The number of nitrogens with one attached hydrogen (secondary N) is 1. The average molecular weight is 266 g/mol. The van der Waals surface area contributed by atoms with Crippen molar-refractivity contribution in [2.75, 3.05) is 19.6 Å². The smallest absolute Gasteiger partial charge is 0.222 e. The zero-order valence-corrected chi connectivity index (χ0v) is 12.5. The molecule has 0 bridgehead atoms. The van der Waals surface area contributed by atoms with E-state index in [0.717, 1.165) is 38.4 Å². The molecule has 3 nitrogen and oxygen atoms in total. The first-order valence-corrected chi connectivity index (χ1v) is 8.33. The Kier molecular flexibility index (Phi) is 6.15. The SMILES string of the molecule is CCCCCCC(=O)N1CCCC1C1CCNCC1. The summed E-state index contributed by atoms with van der Waals surface area (Å²) >= 11 is 0. The maximum atomic E-state index is 12.4. The molecule has 19 heavy (non-hydrogen) atoms. The number of carbonyl (C=O) groups is 1. The van der Waals surface area contributed by atoms with E-state index in [1.807, 2.05) is 0 Å². The molecule has 1 atom stereocenters. The third kappa shape index (κ3) is 4.20. The molecule has 0 aromatic rings. The topological polar surface area (TPSA) is 32.3 Å². The van der Waals surface area contributed by atoms with Crippen LogP contribution >= 0.6 is 0 Å². The van der Waals surface area contributed by atoms with Crippen LogP contribution in [-0.4, -0.2) is 36.5 Å². The van der Waals surface area contributed by atoms with Gasteiger partial charge < -0.3 is 10.2 Å². The molecule has 2 heterocycles. The van der Waals surface area contributed by atoms with Gasteiger partial charge >= 0.3 is 0 Å². The molecular weight excluding hydrogens is 236 g/mol. The molecule has 2 saturated heterocycles. The van der Waals surface area contributed by atoms with Gasteiger partial charge in [-0.2, -0.15) is 0 Å². The van der Waals surface area contributed by atoms with Gasteiger partial charge in [0.1, 0.15) is 0 Å². The molecule has 2 rings (SSSR count). The van der Waals surface area contributed by atoms with E-state index < -0.39 is 0 Å². The highest BCUT2D eigenvalue weighted by molar-refractivity contribution is 5.76. The Morgan fingerprint density at radius 3 is 2.68 bits per heavy atom. The number of carbonyl (C=O) groups excluding carboxylic acids is 1. The number of piperidine rings is 1. The van der Waals surface area contributed by atoms with Crippen molar-refractivity contribution in [1.29, 1.82) is 0 Å². The molecule has 3 heteroatoms. The highest BCUT2D eigenvalue weighted by Crippen LogP contribution is 2.30. The van der Waals surface area contributed by atoms with Gasteiger partial charge in [0.05, 0.1) is 0 Å². The molecule has 0 aliphatic carbocycles. The van der Waals surface area contributed by atoms with Crippen LogP contribution in [-0.2, 0) is 4.79 Å². The molecule has 2 aliphatic heterocycles. The van der Waals surface area contributed by atoms with Gasteiger partial charge in [-0.15, -0.1) is 0 Å². The lowest BCUT2D eigenvalue weighted by Crippen LogP contribution is -2.43. The third-order valence-corrected chi connectivity index (χ3v) is 4.79. The summed E-state index contributed by atoms with van der Waals surface area (Å²) in [5.41, 5.74) is 0. The van der Waals surface area contributed by atoms with Gasteiger partial charge in [0.15, 0.2) is 0 Å². The van der Waals surface area contributed by atoms with E-state index in [-0.39, 0.29) is 0 Å². The van der Waals surface area contributed by atoms with Crippen molar-refractivity contribution in [3.8, 4) is 0 Å². The highest BCUT2D eigenvalue weighted by atomic mass is 16.2. The van der Waals surface area contributed by atoms with E-state index in [4.69, 9.17) is 0 Å². The third-order valence-electron chi connectivity index (χ3n) is 4.79. The molecule has 2 fully saturated rings. The van der Waals surface area contributed by atoms with Crippen molar-refractivity contribution in [2.24, 2.45) is 5.92 Å². The normalized spacial score (nSPS) is 24.9. The van der Waals surface area contributed by atoms with Gasteiger partial charge in [0.25, 0.3) is 0 Å². The number of rotatable bonds is 6. The Morgan fingerprint density at radius 2 is 1.95 bits per heavy atom. The molecular formula is C16H30N2O. The lowest BCUT2D eigenvalue weighted by Gasteiger charge is -2.34. The van der Waals surface area contributed by atoms with E-state index in [0.29, 0.717) is 11.9 Å². The number of hydrogen-bond acceptors (Lipinski definition) is 2. The van der Waals surface area contributed by atoms with E-state index in [1.165, 1.54) is 44.9 Å². The maximum Gasteiger partial charge on any atom is 0.222 e. The van der Waals surface area contributed by atoms with Crippen LogP contribution in [0.15, 0.2) is 0 Å². The fourth-order valence-electron chi connectivity index (χ4n) is 3.67. The summed E-state index contributed by atoms with van der Waals surface area (Å²) in [6.07, 6.45) is 10.6. The largest absolute Gasteiger partial charge is 0.339 e. The Bertz CT molecular complexity index is 274. The van der Waals surface area contributed by atoms with Crippen LogP contribution < -0.4 is 5.32 Å². The first-order chi connectivity index (χ1) is 9.33. The zero-order valence-electron chi connectivity index (χ0n) is 12.5. The van der Waals surface area contributed by atoms with Gasteiger partial charge in [0.2, 0.25) is 5.91 Å². The Hall–Kier alpha value is -0.570. The Balaban J connectivity index is 1.78. The molecule has 1 unspecified atom stereocenters. The summed E-state index contributed by atoms with van der Waals surface area (Å²) in [6, 6.07) is 0.556. The van der Waals surface area contributed by atoms with E-state index in [1.54, 1.807) is 0 Å². The molecule has 0 aromatic carbocycles. The monoisotopic (exact) mass is 266 g/mol. The van der Waals surface area contributed by atoms with Crippen molar-refractivity contribution in [2.45, 2.75) is 70.8 Å². The van der Waals surface area contributed by atoms with Crippen LogP contribution in [0.4, 0.5) is 0 Å². The average Bonchev–Trinajstić information content (AvgIpc) is 2.94. The summed E-state index contributed by atoms with van der Waals surface area (Å²) in [6.45, 7) is 5.51.